The Hall–Kier alpha value is -4.14. The molecule has 2 aromatic carbocycles. The van der Waals surface area contributed by atoms with E-state index < -0.39 is 17.5 Å². The molecule has 3 amide bonds. The normalized spacial score (nSPS) is 20.6. The molecular weight excluding hydrogens is 406 g/mol. The van der Waals surface area contributed by atoms with Crippen LogP contribution in [0.3, 0.4) is 0 Å². The summed E-state index contributed by atoms with van der Waals surface area (Å²) in [6.07, 6.45) is 1.77. The summed E-state index contributed by atoms with van der Waals surface area (Å²) in [5, 5.41) is 5.33. The molecule has 0 unspecified atom stereocenters. The number of carbonyl (C=O) groups excluding carboxylic acids is 2. The predicted molar refractivity (Wildman–Crippen MR) is 124 cm³/mol. The van der Waals surface area contributed by atoms with Crippen LogP contribution in [-0.4, -0.2) is 66.6 Å². The summed E-state index contributed by atoms with van der Waals surface area (Å²) < 4.78 is 0. The molecule has 1 atom stereocenters. The van der Waals surface area contributed by atoms with Gasteiger partial charge in [-0.3, -0.25) is 20.0 Å². The highest BCUT2D eigenvalue weighted by Gasteiger charge is 2.57. The van der Waals surface area contributed by atoms with Crippen LogP contribution in [0.4, 0.5) is 10.5 Å². The fourth-order valence-corrected chi connectivity index (χ4v) is 4.25. The SMILES string of the molecule is CN1C(=O)N(C)C2=NNC(c3ccc(N(C)C)cc3)=N[C@]2(c2c[nH]c3ccccc23)C1=O. The summed E-state index contributed by atoms with van der Waals surface area (Å²) in [6, 6.07) is 15.0. The number of aromatic amines is 1. The molecule has 2 N–H and O–H groups in total. The van der Waals surface area contributed by atoms with Gasteiger partial charge in [-0.2, -0.15) is 5.10 Å². The van der Waals surface area contributed by atoms with Crippen LogP contribution in [0.1, 0.15) is 11.1 Å². The molecule has 0 spiro atoms. The quantitative estimate of drug-likeness (QED) is 0.668. The van der Waals surface area contributed by atoms with Crippen LogP contribution in [0.25, 0.3) is 10.9 Å². The highest BCUT2D eigenvalue weighted by Crippen LogP contribution is 2.40. The number of amides is 3. The molecule has 32 heavy (non-hydrogen) atoms. The van der Waals surface area contributed by atoms with E-state index in [-0.39, 0.29) is 5.84 Å². The van der Waals surface area contributed by atoms with Gasteiger partial charge in [-0.25, -0.2) is 9.79 Å². The molecule has 9 nitrogen and oxygen atoms in total. The average Bonchev–Trinajstić information content (AvgIpc) is 3.25. The Morgan fingerprint density at radius 3 is 2.41 bits per heavy atom. The molecule has 9 heteroatoms. The summed E-state index contributed by atoms with van der Waals surface area (Å²) in [5.41, 5.74) is 4.80. The molecule has 162 valence electrons. The number of hydrogen-bond donors (Lipinski definition) is 2. The molecule has 1 fully saturated rings. The lowest BCUT2D eigenvalue weighted by molar-refractivity contribution is -0.132. The number of carbonyl (C=O) groups is 2. The first-order valence-electron chi connectivity index (χ1n) is 10.2. The van der Waals surface area contributed by atoms with Crippen LogP contribution in [0.5, 0.6) is 0 Å². The molecule has 0 aliphatic carbocycles. The van der Waals surface area contributed by atoms with E-state index in [0.717, 1.165) is 27.1 Å². The molecular formula is C23H23N7O2. The van der Waals surface area contributed by atoms with E-state index in [1.807, 2.05) is 67.5 Å². The van der Waals surface area contributed by atoms with Crippen molar-refractivity contribution in [1.29, 1.82) is 0 Å². The lowest BCUT2D eigenvalue weighted by atomic mass is 9.84. The molecule has 2 aliphatic rings. The topological polar surface area (TPSA) is 96.4 Å². The lowest BCUT2D eigenvalue weighted by Gasteiger charge is -2.43. The van der Waals surface area contributed by atoms with Gasteiger partial charge in [0.05, 0.1) is 0 Å². The van der Waals surface area contributed by atoms with Crippen LogP contribution in [-0.2, 0) is 10.3 Å². The average molecular weight is 429 g/mol. The molecule has 1 saturated heterocycles. The fourth-order valence-electron chi connectivity index (χ4n) is 4.25. The Morgan fingerprint density at radius 1 is 0.969 bits per heavy atom. The standard InChI is InChI=1S/C23H23N7O2/c1-28(2)15-11-9-14(10-12-15)19-25-23(17-13-24-18-8-6-5-7-16(17)18)20(27-26-19)29(3)22(32)30(4)21(23)31/h5-13,24H,1-4H3,(H,25,26)/t23-/m0/s1. The van der Waals surface area contributed by atoms with Gasteiger partial charge in [0.25, 0.3) is 5.91 Å². The van der Waals surface area contributed by atoms with Crippen LogP contribution < -0.4 is 10.3 Å². The van der Waals surface area contributed by atoms with Crippen molar-refractivity contribution in [3.63, 3.8) is 0 Å². The molecule has 0 bridgehead atoms. The number of hydrazone groups is 1. The number of rotatable bonds is 3. The lowest BCUT2D eigenvalue weighted by Crippen LogP contribution is -2.66. The second-order valence-corrected chi connectivity index (χ2v) is 8.11. The maximum atomic E-state index is 13.7. The minimum absolute atomic E-state index is 0.240. The maximum Gasteiger partial charge on any atom is 0.331 e. The number of nitrogens with zero attached hydrogens (tertiary/aromatic N) is 5. The largest absolute Gasteiger partial charge is 0.378 e. The van der Waals surface area contributed by atoms with E-state index >= 15 is 0 Å². The zero-order chi connectivity index (χ0) is 22.6. The van der Waals surface area contributed by atoms with Crippen molar-refractivity contribution < 1.29 is 9.59 Å². The molecule has 0 radical (unpaired) electrons. The number of urea groups is 1. The van der Waals surface area contributed by atoms with Crippen molar-refractivity contribution in [2.45, 2.75) is 5.54 Å². The van der Waals surface area contributed by atoms with Gasteiger partial charge in [0.1, 0.15) is 0 Å². The first-order chi connectivity index (χ1) is 15.3. The molecule has 3 heterocycles. The van der Waals surface area contributed by atoms with Gasteiger partial charge in [0, 0.05) is 62.1 Å². The number of aromatic nitrogens is 1. The first-order valence-corrected chi connectivity index (χ1v) is 10.2. The number of likely N-dealkylation sites (N-methyl/N-ethyl adjacent to an activating group) is 2. The maximum absolute atomic E-state index is 13.7. The minimum atomic E-state index is -1.50. The smallest absolute Gasteiger partial charge is 0.331 e. The van der Waals surface area contributed by atoms with Crippen molar-refractivity contribution in [3.8, 4) is 0 Å². The number of imide groups is 1. The molecule has 2 aliphatic heterocycles. The summed E-state index contributed by atoms with van der Waals surface area (Å²) in [6.45, 7) is 0. The van der Waals surface area contributed by atoms with Gasteiger partial charge in [-0.1, -0.05) is 18.2 Å². The number of hydrogen-bond acceptors (Lipinski definition) is 6. The zero-order valence-electron chi connectivity index (χ0n) is 18.2. The number of fused-ring (bicyclic) bond motifs is 2. The van der Waals surface area contributed by atoms with Gasteiger partial charge >= 0.3 is 6.03 Å². The van der Waals surface area contributed by atoms with Crippen LogP contribution >= 0.6 is 0 Å². The zero-order valence-corrected chi connectivity index (χ0v) is 18.2. The molecule has 5 rings (SSSR count). The number of aliphatic imine (C=N–C) groups is 1. The van der Waals surface area contributed by atoms with Gasteiger partial charge in [-0.05, 0) is 30.3 Å². The molecule has 1 aromatic heterocycles. The minimum Gasteiger partial charge on any atom is -0.378 e. The van der Waals surface area contributed by atoms with Crippen LogP contribution in [0, 0.1) is 0 Å². The van der Waals surface area contributed by atoms with E-state index in [1.54, 1.807) is 13.2 Å². The Kier molecular flexibility index (Phi) is 4.30. The van der Waals surface area contributed by atoms with Crippen molar-refractivity contribution in [2.75, 3.05) is 33.1 Å². The van der Waals surface area contributed by atoms with Crippen molar-refractivity contribution in [2.24, 2.45) is 10.1 Å². The predicted octanol–water partition coefficient (Wildman–Crippen LogP) is 2.32. The van der Waals surface area contributed by atoms with E-state index in [2.05, 4.69) is 15.5 Å². The monoisotopic (exact) mass is 429 g/mol. The third-order valence-electron chi connectivity index (χ3n) is 6.01. The van der Waals surface area contributed by atoms with Gasteiger partial charge in [-0.15, -0.1) is 0 Å². The second kappa shape index (κ2) is 6.94. The highest BCUT2D eigenvalue weighted by molar-refractivity contribution is 6.27. The molecule has 0 saturated carbocycles. The number of para-hydroxylation sites is 1. The van der Waals surface area contributed by atoms with E-state index in [9.17, 15) is 9.59 Å². The van der Waals surface area contributed by atoms with Crippen LogP contribution in [0.2, 0.25) is 0 Å². The Morgan fingerprint density at radius 2 is 1.69 bits per heavy atom. The summed E-state index contributed by atoms with van der Waals surface area (Å²) in [5.74, 6) is 0.242. The van der Waals surface area contributed by atoms with Crippen molar-refractivity contribution in [1.82, 2.24) is 20.2 Å². The van der Waals surface area contributed by atoms with Gasteiger partial charge in [0.15, 0.2) is 11.7 Å². The van der Waals surface area contributed by atoms with E-state index in [1.165, 1.54) is 11.9 Å². The third kappa shape index (κ3) is 2.64. The van der Waals surface area contributed by atoms with Gasteiger partial charge < -0.3 is 9.88 Å². The number of nitrogens with one attached hydrogen (secondary N) is 2. The summed E-state index contributed by atoms with van der Waals surface area (Å²) in [4.78, 5) is 39.1. The number of anilines is 1. The Balaban J connectivity index is 1.75. The number of H-pyrrole nitrogens is 1. The molecule has 3 aromatic rings. The number of benzene rings is 2. The fraction of sp³-hybridized carbons (Fsp3) is 0.217. The second-order valence-electron chi connectivity index (χ2n) is 8.11. The van der Waals surface area contributed by atoms with Crippen LogP contribution in [0.15, 0.2) is 64.8 Å². The van der Waals surface area contributed by atoms with E-state index in [4.69, 9.17) is 4.99 Å². The number of amidine groups is 2. The Labute approximate surface area is 185 Å². The van der Waals surface area contributed by atoms with Crippen molar-refractivity contribution >= 4 is 40.2 Å². The highest BCUT2D eigenvalue weighted by atomic mass is 16.2. The van der Waals surface area contributed by atoms with E-state index in [0.29, 0.717) is 11.4 Å². The Bertz CT molecular complexity index is 1310. The van der Waals surface area contributed by atoms with Gasteiger partial charge in [0.2, 0.25) is 5.54 Å². The summed E-state index contributed by atoms with van der Waals surface area (Å²) >= 11 is 0. The summed E-state index contributed by atoms with van der Waals surface area (Å²) in [7, 11) is 7.01. The first kappa shape index (κ1) is 19.8. The third-order valence-corrected chi connectivity index (χ3v) is 6.01. The van der Waals surface area contributed by atoms with Crippen molar-refractivity contribution in [3.05, 3.63) is 65.9 Å².